The largest absolute Gasteiger partial charge is 0.455 e. The fourth-order valence-electron chi connectivity index (χ4n) is 2.67. The fraction of sp³-hybridized carbons (Fsp3) is 0.857. The molecule has 0 aromatic carbocycles. The van der Waals surface area contributed by atoms with Gasteiger partial charge in [-0.05, 0) is 31.1 Å². The Morgan fingerprint density at radius 3 is 2.44 bits per heavy atom. The molecule has 0 spiro atoms. The highest BCUT2D eigenvalue weighted by atomic mass is 16.5. The molecule has 1 N–H and O–H groups in total. The third-order valence-electron chi connectivity index (χ3n) is 4.22. The normalized spacial score (nSPS) is 34.8. The van der Waals surface area contributed by atoms with Gasteiger partial charge in [0.1, 0.15) is 0 Å². The number of carbonyl (C=O) groups excluding carboxylic acids is 2. The van der Waals surface area contributed by atoms with Crippen LogP contribution in [0.5, 0.6) is 0 Å². The number of carbonyl (C=O) groups is 2. The van der Waals surface area contributed by atoms with Gasteiger partial charge in [0.25, 0.3) is 5.91 Å². The quantitative estimate of drug-likeness (QED) is 0.778. The third kappa shape index (κ3) is 3.47. The van der Waals surface area contributed by atoms with Crippen molar-refractivity contribution in [1.82, 2.24) is 5.32 Å². The van der Waals surface area contributed by atoms with Crippen LogP contribution in [0.1, 0.15) is 46.0 Å². The Labute approximate surface area is 108 Å². The van der Waals surface area contributed by atoms with Gasteiger partial charge >= 0.3 is 5.97 Å². The predicted octanol–water partition coefficient (Wildman–Crippen LogP) is 1.88. The zero-order valence-corrected chi connectivity index (χ0v) is 11.3. The molecule has 102 valence electrons. The summed E-state index contributed by atoms with van der Waals surface area (Å²) in [4.78, 5) is 23.2. The number of amides is 1. The average molecular weight is 253 g/mol. The molecule has 0 saturated heterocycles. The van der Waals surface area contributed by atoms with Crippen LogP contribution in [0.4, 0.5) is 0 Å². The number of hydrogen-bond acceptors (Lipinski definition) is 3. The van der Waals surface area contributed by atoms with E-state index in [0.29, 0.717) is 11.8 Å². The highest BCUT2D eigenvalue weighted by molar-refractivity contribution is 5.82. The zero-order valence-electron chi connectivity index (χ0n) is 11.3. The van der Waals surface area contributed by atoms with Crippen molar-refractivity contribution in [3.8, 4) is 0 Å². The topological polar surface area (TPSA) is 55.4 Å². The van der Waals surface area contributed by atoms with Gasteiger partial charge in [-0.25, -0.2) is 0 Å². The summed E-state index contributed by atoms with van der Waals surface area (Å²) in [6, 6.07) is 0.254. The van der Waals surface area contributed by atoms with Gasteiger partial charge in [-0.1, -0.05) is 26.7 Å². The molecule has 4 heteroatoms. The van der Waals surface area contributed by atoms with Crippen LogP contribution in [0.2, 0.25) is 0 Å². The summed E-state index contributed by atoms with van der Waals surface area (Å²) in [7, 11) is 0. The number of esters is 1. The van der Waals surface area contributed by atoms with Crippen LogP contribution in [-0.2, 0) is 14.3 Å². The van der Waals surface area contributed by atoms with E-state index in [1.165, 1.54) is 19.3 Å². The standard InChI is InChI=1S/C14H23NO3/c1-9-5-3-4-6-12(9)15-13(16)8-18-14(17)11-7-10(11)2/h9-12H,3-8H2,1-2H3,(H,15,16). The molecular formula is C14H23NO3. The summed E-state index contributed by atoms with van der Waals surface area (Å²) in [6.07, 6.45) is 5.54. The van der Waals surface area contributed by atoms with E-state index in [-0.39, 0.29) is 30.4 Å². The van der Waals surface area contributed by atoms with Crippen molar-refractivity contribution in [1.29, 1.82) is 0 Å². The molecule has 4 unspecified atom stereocenters. The van der Waals surface area contributed by atoms with E-state index in [4.69, 9.17) is 4.74 Å². The van der Waals surface area contributed by atoms with Crippen LogP contribution >= 0.6 is 0 Å². The Morgan fingerprint density at radius 2 is 1.83 bits per heavy atom. The summed E-state index contributed by atoms with van der Waals surface area (Å²) in [6.45, 7) is 4.07. The van der Waals surface area contributed by atoms with E-state index in [0.717, 1.165) is 12.8 Å². The molecule has 0 aromatic rings. The first-order valence-corrected chi connectivity index (χ1v) is 7.04. The molecule has 0 aliphatic heterocycles. The Morgan fingerprint density at radius 1 is 1.17 bits per heavy atom. The van der Waals surface area contributed by atoms with Crippen LogP contribution in [0.3, 0.4) is 0 Å². The molecule has 18 heavy (non-hydrogen) atoms. The highest BCUT2D eigenvalue weighted by Gasteiger charge is 2.40. The van der Waals surface area contributed by atoms with Crippen molar-refractivity contribution >= 4 is 11.9 Å². The zero-order chi connectivity index (χ0) is 13.1. The van der Waals surface area contributed by atoms with E-state index in [9.17, 15) is 9.59 Å². The second-order valence-electron chi connectivity index (χ2n) is 5.86. The Hall–Kier alpha value is -1.06. The number of rotatable bonds is 4. The number of hydrogen-bond donors (Lipinski definition) is 1. The van der Waals surface area contributed by atoms with Gasteiger partial charge in [-0.2, -0.15) is 0 Å². The van der Waals surface area contributed by atoms with Crippen molar-refractivity contribution in [2.45, 2.75) is 52.0 Å². The lowest BCUT2D eigenvalue weighted by Crippen LogP contribution is -2.43. The molecule has 2 rings (SSSR count). The van der Waals surface area contributed by atoms with Crippen molar-refractivity contribution in [2.75, 3.05) is 6.61 Å². The van der Waals surface area contributed by atoms with Gasteiger partial charge in [-0.15, -0.1) is 0 Å². The lowest BCUT2D eigenvalue weighted by atomic mass is 9.86. The van der Waals surface area contributed by atoms with Crippen LogP contribution in [0.25, 0.3) is 0 Å². The number of ether oxygens (including phenoxy) is 1. The monoisotopic (exact) mass is 253 g/mol. The minimum absolute atomic E-state index is 0.0337. The molecule has 2 aliphatic carbocycles. The van der Waals surface area contributed by atoms with Crippen molar-refractivity contribution in [3.05, 3.63) is 0 Å². The molecule has 4 atom stereocenters. The summed E-state index contributed by atoms with van der Waals surface area (Å²) in [5.74, 6) is 0.622. The lowest BCUT2D eigenvalue weighted by Gasteiger charge is -2.29. The second kappa shape index (κ2) is 5.72. The highest BCUT2D eigenvalue weighted by Crippen LogP contribution is 2.38. The van der Waals surface area contributed by atoms with Gasteiger partial charge < -0.3 is 10.1 Å². The van der Waals surface area contributed by atoms with E-state index < -0.39 is 0 Å². The van der Waals surface area contributed by atoms with E-state index in [1.807, 2.05) is 6.92 Å². The SMILES string of the molecule is CC1CCCCC1NC(=O)COC(=O)C1CC1C. The van der Waals surface area contributed by atoms with Crippen LogP contribution in [0.15, 0.2) is 0 Å². The Kier molecular flexibility index (Phi) is 4.25. The Balaban J connectivity index is 1.66. The minimum Gasteiger partial charge on any atom is -0.455 e. The molecule has 0 heterocycles. The van der Waals surface area contributed by atoms with Crippen LogP contribution in [0, 0.1) is 17.8 Å². The molecular weight excluding hydrogens is 230 g/mol. The molecule has 0 aromatic heterocycles. The maximum Gasteiger partial charge on any atom is 0.309 e. The Bertz CT molecular complexity index is 329. The smallest absolute Gasteiger partial charge is 0.309 e. The predicted molar refractivity (Wildman–Crippen MR) is 67.8 cm³/mol. The first kappa shape index (κ1) is 13.4. The van der Waals surface area contributed by atoms with Crippen molar-refractivity contribution in [3.63, 3.8) is 0 Å². The molecule has 2 aliphatic rings. The second-order valence-corrected chi connectivity index (χ2v) is 5.86. The van der Waals surface area contributed by atoms with Gasteiger partial charge in [0.15, 0.2) is 6.61 Å². The summed E-state index contributed by atoms with van der Waals surface area (Å²) < 4.78 is 5.02. The molecule has 4 nitrogen and oxygen atoms in total. The van der Waals surface area contributed by atoms with Crippen LogP contribution < -0.4 is 5.32 Å². The van der Waals surface area contributed by atoms with Gasteiger partial charge in [0, 0.05) is 6.04 Å². The molecule has 1 amide bonds. The van der Waals surface area contributed by atoms with Crippen molar-refractivity contribution < 1.29 is 14.3 Å². The summed E-state index contributed by atoms with van der Waals surface area (Å²) in [5.41, 5.74) is 0. The van der Waals surface area contributed by atoms with E-state index in [2.05, 4.69) is 12.2 Å². The first-order valence-electron chi connectivity index (χ1n) is 7.04. The summed E-state index contributed by atoms with van der Waals surface area (Å²) in [5, 5.41) is 2.98. The summed E-state index contributed by atoms with van der Waals surface area (Å²) >= 11 is 0. The van der Waals surface area contributed by atoms with E-state index >= 15 is 0 Å². The molecule has 2 saturated carbocycles. The van der Waals surface area contributed by atoms with Gasteiger partial charge in [-0.3, -0.25) is 9.59 Å². The third-order valence-corrected chi connectivity index (χ3v) is 4.22. The minimum atomic E-state index is -0.214. The lowest BCUT2D eigenvalue weighted by molar-refractivity contribution is -0.150. The maximum absolute atomic E-state index is 11.7. The van der Waals surface area contributed by atoms with Crippen molar-refractivity contribution in [2.24, 2.45) is 17.8 Å². The van der Waals surface area contributed by atoms with Gasteiger partial charge in [0.2, 0.25) is 0 Å². The molecule has 0 bridgehead atoms. The average Bonchev–Trinajstić information content (AvgIpc) is 3.06. The van der Waals surface area contributed by atoms with E-state index in [1.54, 1.807) is 0 Å². The molecule has 0 radical (unpaired) electrons. The number of nitrogens with one attached hydrogen (secondary N) is 1. The molecule has 2 fully saturated rings. The maximum atomic E-state index is 11.7. The van der Waals surface area contributed by atoms with Crippen LogP contribution in [-0.4, -0.2) is 24.5 Å². The fourth-order valence-corrected chi connectivity index (χ4v) is 2.67. The first-order chi connectivity index (χ1) is 8.58. The van der Waals surface area contributed by atoms with Gasteiger partial charge in [0.05, 0.1) is 5.92 Å².